The Morgan fingerprint density at radius 1 is 1.37 bits per heavy atom. The highest BCUT2D eigenvalue weighted by Gasteiger charge is 2.14. The fourth-order valence-corrected chi connectivity index (χ4v) is 1.87. The largest absolute Gasteiger partial charge is 0.478 e. The lowest BCUT2D eigenvalue weighted by Crippen LogP contribution is -2.03. The van der Waals surface area contributed by atoms with Crippen molar-refractivity contribution in [2.75, 3.05) is 5.73 Å². The summed E-state index contributed by atoms with van der Waals surface area (Å²) in [5.74, 6) is -1.52. The maximum Gasteiger partial charge on any atom is 0.339 e. The van der Waals surface area contributed by atoms with Gasteiger partial charge in [0.1, 0.15) is 22.9 Å². The number of aromatic nitrogens is 1. The molecule has 0 saturated carbocycles. The van der Waals surface area contributed by atoms with Gasteiger partial charge in [0.25, 0.3) is 0 Å². The number of aromatic carboxylic acids is 1. The summed E-state index contributed by atoms with van der Waals surface area (Å²) in [7, 11) is 0. The first kappa shape index (κ1) is 13.3. The molecule has 0 aliphatic carbocycles. The maximum atomic E-state index is 13.2. The number of rotatable bonds is 3. The lowest BCUT2D eigenvalue weighted by atomic mass is 10.2. The van der Waals surface area contributed by atoms with Gasteiger partial charge < -0.3 is 15.6 Å². The van der Waals surface area contributed by atoms with E-state index in [0.717, 1.165) is 6.07 Å². The van der Waals surface area contributed by atoms with Crippen molar-refractivity contribution < 1.29 is 19.0 Å². The number of halogens is 2. The number of benzene rings is 1. The minimum atomic E-state index is -1.21. The fourth-order valence-electron chi connectivity index (χ4n) is 1.42. The van der Waals surface area contributed by atoms with Crippen molar-refractivity contribution in [3.05, 3.63) is 46.3 Å². The minimum Gasteiger partial charge on any atom is -0.478 e. The summed E-state index contributed by atoms with van der Waals surface area (Å²) < 4.78 is 19.0. The third kappa shape index (κ3) is 3.19. The van der Waals surface area contributed by atoms with Gasteiger partial charge in [0.05, 0.1) is 6.20 Å². The topological polar surface area (TPSA) is 85.4 Å². The van der Waals surface area contributed by atoms with Crippen molar-refractivity contribution in [3.8, 4) is 11.5 Å². The first-order chi connectivity index (χ1) is 8.95. The summed E-state index contributed by atoms with van der Waals surface area (Å²) in [4.78, 5) is 14.8. The van der Waals surface area contributed by atoms with Crippen molar-refractivity contribution in [1.29, 1.82) is 0 Å². The molecule has 3 N–H and O–H groups in total. The first-order valence-electron chi connectivity index (χ1n) is 5.08. The van der Waals surface area contributed by atoms with Crippen molar-refractivity contribution in [1.82, 2.24) is 4.98 Å². The van der Waals surface area contributed by atoms with Crippen molar-refractivity contribution >= 4 is 27.7 Å². The molecule has 2 aromatic rings. The number of nitrogens with zero attached hydrogens (tertiary/aromatic N) is 1. The molecule has 0 unspecified atom stereocenters. The molecule has 0 aliphatic rings. The number of anilines is 1. The molecule has 98 valence electrons. The van der Waals surface area contributed by atoms with E-state index in [4.69, 9.17) is 15.6 Å². The van der Waals surface area contributed by atoms with E-state index < -0.39 is 11.8 Å². The zero-order valence-electron chi connectivity index (χ0n) is 9.43. The number of nitrogens with two attached hydrogens (primary N) is 1. The average Bonchev–Trinajstić information content (AvgIpc) is 2.30. The Morgan fingerprint density at radius 3 is 2.74 bits per heavy atom. The number of ether oxygens (including phenoxy) is 1. The summed E-state index contributed by atoms with van der Waals surface area (Å²) in [6, 6.07) is 5.07. The molecule has 0 aliphatic heterocycles. The molecule has 0 fully saturated rings. The van der Waals surface area contributed by atoms with Crippen LogP contribution in [0.5, 0.6) is 11.5 Å². The summed E-state index contributed by atoms with van der Waals surface area (Å²) in [5.41, 5.74) is 5.26. The van der Waals surface area contributed by atoms with Crippen LogP contribution in [0, 0.1) is 5.82 Å². The maximum absolute atomic E-state index is 13.2. The monoisotopic (exact) mass is 326 g/mol. The Hall–Kier alpha value is -2.15. The van der Waals surface area contributed by atoms with Crippen LogP contribution < -0.4 is 10.5 Å². The van der Waals surface area contributed by atoms with Crippen LogP contribution in [0.15, 0.2) is 34.9 Å². The Balaban J connectivity index is 2.40. The van der Waals surface area contributed by atoms with Crippen LogP contribution in [0.2, 0.25) is 0 Å². The van der Waals surface area contributed by atoms with E-state index in [1.165, 1.54) is 24.4 Å². The smallest absolute Gasteiger partial charge is 0.339 e. The van der Waals surface area contributed by atoms with Gasteiger partial charge in [0, 0.05) is 10.5 Å². The highest BCUT2D eigenvalue weighted by atomic mass is 79.9. The zero-order valence-corrected chi connectivity index (χ0v) is 11.0. The molecule has 19 heavy (non-hydrogen) atoms. The molecule has 0 saturated heterocycles. The van der Waals surface area contributed by atoms with Crippen LogP contribution in [0.25, 0.3) is 0 Å². The summed E-state index contributed by atoms with van der Waals surface area (Å²) in [5, 5.41) is 9.03. The van der Waals surface area contributed by atoms with Crippen molar-refractivity contribution in [2.24, 2.45) is 0 Å². The standard InChI is InChI=1S/C12H8BrFN2O3/c13-6-1-7(14)3-8(2-6)19-10-5-16-11(15)4-9(10)12(17)18/h1-5H,(H2,15,16)(H,17,18). The Labute approximate surface area is 116 Å². The molecule has 1 heterocycles. The molecule has 0 bridgehead atoms. The van der Waals surface area contributed by atoms with Gasteiger partial charge in [-0.15, -0.1) is 0 Å². The fraction of sp³-hybridized carbons (Fsp3) is 0. The molecule has 1 aromatic carbocycles. The van der Waals surface area contributed by atoms with Gasteiger partial charge in [-0.3, -0.25) is 0 Å². The van der Waals surface area contributed by atoms with Crippen LogP contribution in [-0.4, -0.2) is 16.1 Å². The number of carboxylic acids is 1. The number of pyridine rings is 1. The second-order valence-corrected chi connectivity index (χ2v) is 4.53. The van der Waals surface area contributed by atoms with Crippen LogP contribution in [0.1, 0.15) is 10.4 Å². The lowest BCUT2D eigenvalue weighted by molar-refractivity contribution is 0.0694. The van der Waals surface area contributed by atoms with Gasteiger partial charge in [-0.1, -0.05) is 15.9 Å². The van der Waals surface area contributed by atoms with E-state index in [1.807, 2.05) is 0 Å². The van der Waals surface area contributed by atoms with Gasteiger partial charge in [0.15, 0.2) is 5.75 Å². The van der Waals surface area contributed by atoms with Gasteiger partial charge >= 0.3 is 5.97 Å². The number of carboxylic acid groups (broad SMARTS) is 1. The van der Waals surface area contributed by atoms with Gasteiger partial charge in [-0.05, 0) is 18.2 Å². The SMILES string of the molecule is Nc1cc(C(=O)O)c(Oc2cc(F)cc(Br)c2)cn1. The van der Waals surface area contributed by atoms with E-state index in [0.29, 0.717) is 4.47 Å². The normalized spacial score (nSPS) is 10.2. The average molecular weight is 327 g/mol. The zero-order chi connectivity index (χ0) is 14.0. The number of nitrogen functional groups attached to an aromatic ring is 1. The van der Waals surface area contributed by atoms with Gasteiger partial charge in [0.2, 0.25) is 0 Å². The minimum absolute atomic E-state index is 0.0146. The summed E-state index contributed by atoms with van der Waals surface area (Å²) in [6.45, 7) is 0. The van der Waals surface area contributed by atoms with E-state index in [1.54, 1.807) is 0 Å². The predicted molar refractivity (Wildman–Crippen MR) is 69.8 cm³/mol. The quantitative estimate of drug-likeness (QED) is 0.905. The molecule has 0 amide bonds. The van der Waals surface area contributed by atoms with Crippen LogP contribution >= 0.6 is 15.9 Å². The van der Waals surface area contributed by atoms with Crippen LogP contribution in [-0.2, 0) is 0 Å². The molecule has 0 spiro atoms. The second-order valence-electron chi connectivity index (χ2n) is 3.62. The van der Waals surface area contributed by atoms with Gasteiger partial charge in [-0.2, -0.15) is 0 Å². The predicted octanol–water partition coefficient (Wildman–Crippen LogP) is 3.06. The van der Waals surface area contributed by atoms with Crippen LogP contribution in [0.4, 0.5) is 10.2 Å². The van der Waals surface area contributed by atoms with E-state index >= 15 is 0 Å². The molecule has 0 radical (unpaired) electrons. The highest BCUT2D eigenvalue weighted by Crippen LogP contribution is 2.28. The number of hydrogen-bond donors (Lipinski definition) is 2. The lowest BCUT2D eigenvalue weighted by Gasteiger charge is -2.09. The molecule has 0 atom stereocenters. The molecule has 7 heteroatoms. The summed E-state index contributed by atoms with van der Waals surface area (Å²) >= 11 is 3.11. The highest BCUT2D eigenvalue weighted by molar-refractivity contribution is 9.10. The second kappa shape index (κ2) is 5.23. The van der Waals surface area contributed by atoms with Crippen molar-refractivity contribution in [2.45, 2.75) is 0 Å². The molecule has 1 aromatic heterocycles. The Bertz CT molecular complexity index is 629. The van der Waals surface area contributed by atoms with E-state index in [-0.39, 0.29) is 22.9 Å². The number of carbonyl (C=O) groups is 1. The molecular weight excluding hydrogens is 319 g/mol. The Kier molecular flexibility index (Phi) is 3.66. The first-order valence-corrected chi connectivity index (χ1v) is 5.88. The summed E-state index contributed by atoms with van der Waals surface area (Å²) in [6.07, 6.45) is 1.18. The molecule has 2 rings (SSSR count). The number of hydrogen-bond acceptors (Lipinski definition) is 4. The van der Waals surface area contributed by atoms with Gasteiger partial charge in [-0.25, -0.2) is 14.2 Å². The van der Waals surface area contributed by atoms with E-state index in [2.05, 4.69) is 20.9 Å². The van der Waals surface area contributed by atoms with Crippen LogP contribution in [0.3, 0.4) is 0 Å². The van der Waals surface area contributed by atoms with E-state index in [9.17, 15) is 9.18 Å². The third-order valence-corrected chi connectivity index (χ3v) is 2.64. The third-order valence-electron chi connectivity index (χ3n) is 2.18. The molecular formula is C12H8BrFN2O3. The van der Waals surface area contributed by atoms with Crippen molar-refractivity contribution in [3.63, 3.8) is 0 Å². The molecule has 5 nitrogen and oxygen atoms in total. The Morgan fingerprint density at radius 2 is 2.11 bits per heavy atom.